The lowest BCUT2D eigenvalue weighted by molar-refractivity contribution is -0.133. The van der Waals surface area contributed by atoms with Crippen molar-refractivity contribution in [1.29, 1.82) is 0 Å². The second-order valence-corrected chi connectivity index (χ2v) is 7.25. The summed E-state index contributed by atoms with van der Waals surface area (Å²) >= 11 is 1.27. The van der Waals surface area contributed by atoms with Crippen molar-refractivity contribution in [2.75, 3.05) is 5.75 Å². The zero-order valence-corrected chi connectivity index (χ0v) is 12.5. The van der Waals surface area contributed by atoms with Gasteiger partial charge in [0.25, 0.3) is 0 Å². The van der Waals surface area contributed by atoms with Crippen molar-refractivity contribution >= 4 is 17.7 Å². The minimum absolute atomic E-state index is 0.0443. The first-order chi connectivity index (χ1) is 8.12. The summed E-state index contributed by atoms with van der Waals surface area (Å²) in [5.41, 5.74) is 0.137. The molecule has 0 saturated heterocycles. The summed E-state index contributed by atoms with van der Waals surface area (Å²) in [6.45, 7) is 10.9. The van der Waals surface area contributed by atoms with Crippen LogP contribution in [-0.2, 0) is 10.3 Å². The summed E-state index contributed by atoms with van der Waals surface area (Å²) < 4.78 is 2.08. The van der Waals surface area contributed by atoms with E-state index in [1.807, 2.05) is 6.20 Å². The summed E-state index contributed by atoms with van der Waals surface area (Å²) in [6, 6.07) is 0. The van der Waals surface area contributed by atoms with E-state index in [1.165, 1.54) is 11.8 Å². The fourth-order valence-corrected chi connectivity index (χ4v) is 3.20. The van der Waals surface area contributed by atoms with Crippen molar-refractivity contribution < 1.29 is 9.90 Å². The summed E-state index contributed by atoms with van der Waals surface area (Å²) in [5, 5.41) is 9.50. The van der Waals surface area contributed by atoms with Gasteiger partial charge in [-0.15, -0.1) is 0 Å². The lowest BCUT2D eigenvalue weighted by Gasteiger charge is -2.34. The Morgan fingerprint density at radius 3 is 2.50 bits per heavy atom. The van der Waals surface area contributed by atoms with Crippen LogP contribution in [0.15, 0.2) is 17.6 Å². The Morgan fingerprint density at radius 1 is 1.39 bits per heavy atom. The topological polar surface area (TPSA) is 55.1 Å². The third-order valence-electron chi connectivity index (χ3n) is 2.55. The maximum absolute atomic E-state index is 10.6. The predicted molar refractivity (Wildman–Crippen MR) is 74.0 cm³/mol. The van der Waals surface area contributed by atoms with Crippen LogP contribution in [0.4, 0.5) is 0 Å². The van der Waals surface area contributed by atoms with Crippen LogP contribution < -0.4 is 0 Å². The molecular weight excluding hydrogens is 248 g/mol. The molecule has 0 saturated carbocycles. The number of carbonyl (C=O) groups is 1. The highest BCUT2D eigenvalue weighted by Gasteiger charge is 2.28. The lowest BCUT2D eigenvalue weighted by atomic mass is 9.82. The highest BCUT2D eigenvalue weighted by Crippen LogP contribution is 2.34. The molecule has 0 unspecified atom stereocenters. The van der Waals surface area contributed by atoms with Crippen LogP contribution in [0.2, 0.25) is 0 Å². The average Bonchev–Trinajstić information content (AvgIpc) is 2.58. The van der Waals surface area contributed by atoms with Crippen molar-refractivity contribution in [1.82, 2.24) is 9.55 Å². The summed E-state index contributed by atoms with van der Waals surface area (Å²) in [6.07, 6.45) is 4.65. The molecule has 1 N–H and O–H groups in total. The molecule has 0 atom stereocenters. The Morgan fingerprint density at radius 2 is 2.00 bits per heavy atom. The molecule has 1 aromatic rings. The van der Waals surface area contributed by atoms with Gasteiger partial charge in [-0.1, -0.05) is 32.5 Å². The number of nitrogens with zero attached hydrogens (tertiary/aromatic N) is 2. The molecule has 1 aromatic heterocycles. The highest BCUT2D eigenvalue weighted by molar-refractivity contribution is 7.99. The number of hydrogen-bond donors (Lipinski definition) is 1. The van der Waals surface area contributed by atoms with Gasteiger partial charge in [-0.05, 0) is 25.7 Å². The normalized spacial score (nSPS) is 12.7. The van der Waals surface area contributed by atoms with Gasteiger partial charge in [0.15, 0.2) is 5.16 Å². The van der Waals surface area contributed by atoms with E-state index < -0.39 is 5.97 Å². The van der Waals surface area contributed by atoms with E-state index in [2.05, 4.69) is 44.2 Å². The van der Waals surface area contributed by atoms with Gasteiger partial charge in [-0.3, -0.25) is 4.79 Å². The van der Waals surface area contributed by atoms with Gasteiger partial charge in [0.05, 0.1) is 5.75 Å². The average molecular weight is 270 g/mol. The van der Waals surface area contributed by atoms with Gasteiger partial charge in [0.2, 0.25) is 0 Å². The van der Waals surface area contributed by atoms with E-state index in [4.69, 9.17) is 5.11 Å². The monoisotopic (exact) mass is 270 g/mol. The molecule has 1 rings (SSSR count). The van der Waals surface area contributed by atoms with E-state index in [9.17, 15) is 4.79 Å². The molecule has 0 spiro atoms. The molecule has 0 aromatic carbocycles. The van der Waals surface area contributed by atoms with E-state index in [1.54, 1.807) is 6.20 Å². The Hall–Kier alpha value is -0.970. The zero-order valence-electron chi connectivity index (χ0n) is 11.7. The molecule has 0 aliphatic heterocycles. The molecule has 0 amide bonds. The minimum atomic E-state index is -0.817. The van der Waals surface area contributed by atoms with Crippen molar-refractivity contribution in [3.8, 4) is 0 Å². The first-order valence-electron chi connectivity index (χ1n) is 6.00. The summed E-state index contributed by atoms with van der Waals surface area (Å²) in [4.78, 5) is 14.9. The van der Waals surface area contributed by atoms with Crippen LogP contribution >= 0.6 is 11.8 Å². The second-order valence-electron chi connectivity index (χ2n) is 6.31. The molecule has 1 heterocycles. The van der Waals surface area contributed by atoms with Crippen LogP contribution in [0, 0.1) is 5.41 Å². The number of aromatic nitrogens is 2. The van der Waals surface area contributed by atoms with Gasteiger partial charge in [0.1, 0.15) is 0 Å². The van der Waals surface area contributed by atoms with Gasteiger partial charge < -0.3 is 9.67 Å². The number of aliphatic carboxylic acids is 1. The molecule has 0 aliphatic carbocycles. The fraction of sp³-hybridized carbons (Fsp3) is 0.692. The minimum Gasteiger partial charge on any atom is -0.481 e. The Bertz CT molecular complexity index is 419. The number of rotatable bonds is 5. The van der Waals surface area contributed by atoms with Gasteiger partial charge >= 0.3 is 5.97 Å². The molecular formula is C13H22N2O2S. The molecule has 4 nitrogen and oxygen atoms in total. The number of hydrogen-bond acceptors (Lipinski definition) is 3. The quantitative estimate of drug-likeness (QED) is 0.835. The van der Waals surface area contributed by atoms with Crippen LogP contribution in [0.1, 0.15) is 41.0 Å². The molecule has 0 aliphatic rings. The third-order valence-corrected chi connectivity index (χ3v) is 3.50. The Labute approximate surface area is 113 Å². The molecule has 5 heteroatoms. The summed E-state index contributed by atoms with van der Waals surface area (Å²) in [7, 11) is 0. The second kappa shape index (κ2) is 5.34. The molecule has 102 valence electrons. The van der Waals surface area contributed by atoms with Crippen molar-refractivity contribution in [3.63, 3.8) is 0 Å². The molecule has 0 fully saturated rings. The number of imidazole rings is 1. The van der Waals surface area contributed by atoms with Gasteiger partial charge in [-0.2, -0.15) is 0 Å². The largest absolute Gasteiger partial charge is 0.481 e. The number of thioether (sulfide) groups is 1. The molecule has 0 bridgehead atoms. The lowest BCUT2D eigenvalue weighted by Crippen LogP contribution is -2.31. The van der Waals surface area contributed by atoms with Crippen LogP contribution in [-0.4, -0.2) is 26.4 Å². The van der Waals surface area contributed by atoms with Crippen LogP contribution in [0.25, 0.3) is 0 Å². The first kappa shape index (κ1) is 15.1. The summed E-state index contributed by atoms with van der Waals surface area (Å²) in [5.74, 6) is -0.772. The van der Waals surface area contributed by atoms with Crippen LogP contribution in [0.5, 0.6) is 0 Å². The maximum atomic E-state index is 10.6. The smallest absolute Gasteiger partial charge is 0.313 e. The predicted octanol–water partition coefficient (Wildman–Crippen LogP) is 3.23. The van der Waals surface area contributed by atoms with E-state index in [0.29, 0.717) is 0 Å². The molecule has 18 heavy (non-hydrogen) atoms. The van der Waals surface area contributed by atoms with E-state index in [0.717, 1.165) is 11.6 Å². The zero-order chi connectivity index (χ0) is 14.0. The van der Waals surface area contributed by atoms with E-state index in [-0.39, 0.29) is 16.7 Å². The third kappa shape index (κ3) is 4.37. The van der Waals surface area contributed by atoms with Crippen molar-refractivity contribution in [2.24, 2.45) is 5.41 Å². The van der Waals surface area contributed by atoms with Gasteiger partial charge in [-0.25, -0.2) is 4.98 Å². The first-order valence-corrected chi connectivity index (χ1v) is 6.99. The van der Waals surface area contributed by atoms with Crippen LogP contribution in [0.3, 0.4) is 0 Å². The maximum Gasteiger partial charge on any atom is 0.313 e. The van der Waals surface area contributed by atoms with Crippen molar-refractivity contribution in [3.05, 3.63) is 12.4 Å². The Balaban J connectivity index is 2.88. The van der Waals surface area contributed by atoms with Gasteiger partial charge in [0, 0.05) is 17.9 Å². The van der Waals surface area contributed by atoms with E-state index >= 15 is 0 Å². The number of carboxylic acid groups (broad SMARTS) is 1. The number of carboxylic acids is 1. The Kier molecular flexibility index (Phi) is 4.48. The fourth-order valence-electron chi connectivity index (χ4n) is 2.37. The standard InChI is InChI=1S/C13H22N2O2S/c1-12(2,3)9-13(4,5)15-7-6-14-11(15)18-8-10(16)17/h6-7H,8-9H2,1-5H3,(H,16,17). The van der Waals surface area contributed by atoms with Crippen molar-refractivity contribution in [2.45, 2.75) is 51.7 Å². The molecule has 0 radical (unpaired) electrons. The highest BCUT2D eigenvalue weighted by atomic mass is 32.2. The SMILES string of the molecule is CC(C)(C)CC(C)(C)n1ccnc1SCC(=O)O.